The van der Waals surface area contributed by atoms with Crippen LogP contribution in [0.2, 0.25) is 0 Å². The number of ether oxygens (including phenoxy) is 1. The number of aromatic nitrogens is 3. The fourth-order valence-corrected chi connectivity index (χ4v) is 3.92. The lowest BCUT2D eigenvalue weighted by Crippen LogP contribution is -2.32. The van der Waals surface area contributed by atoms with Crippen molar-refractivity contribution in [1.29, 1.82) is 0 Å². The van der Waals surface area contributed by atoms with Crippen LogP contribution < -0.4 is 9.64 Å². The Hall–Kier alpha value is -3.45. The van der Waals surface area contributed by atoms with E-state index in [0.717, 1.165) is 21.5 Å². The van der Waals surface area contributed by atoms with Crippen LogP contribution in [-0.2, 0) is 11.3 Å². The van der Waals surface area contributed by atoms with Crippen molar-refractivity contribution >= 4 is 38.7 Å². The molecule has 0 aliphatic carbocycles. The maximum atomic E-state index is 13.0. The van der Waals surface area contributed by atoms with Gasteiger partial charge in [0.2, 0.25) is 0 Å². The molecule has 2 aromatic carbocycles. The molecule has 0 unspecified atom stereocenters. The van der Waals surface area contributed by atoms with Crippen LogP contribution in [0.15, 0.2) is 73.1 Å². The summed E-state index contributed by atoms with van der Waals surface area (Å²) in [5.41, 5.74) is 1.82. The van der Waals surface area contributed by atoms with Crippen LogP contribution in [0.4, 0.5) is 5.13 Å². The number of hydrogen-bond donors (Lipinski definition) is 0. The van der Waals surface area contributed by atoms with Gasteiger partial charge in [0.15, 0.2) is 5.13 Å². The second-order valence-corrected chi connectivity index (χ2v) is 7.34. The summed E-state index contributed by atoms with van der Waals surface area (Å²) in [5, 5.41) is 4.88. The molecule has 7 heteroatoms. The normalized spacial score (nSPS) is 11.2. The van der Waals surface area contributed by atoms with E-state index in [0.29, 0.717) is 18.2 Å². The van der Waals surface area contributed by atoms with Gasteiger partial charge >= 0.3 is 0 Å². The Bertz CT molecular complexity index is 1120. The van der Waals surface area contributed by atoms with Crippen LogP contribution in [0.3, 0.4) is 0 Å². The van der Waals surface area contributed by atoms with Crippen LogP contribution in [-0.4, -0.2) is 34.3 Å². The standard InChI is InChI=1S/C22H20N4O2S/c1-28-18-9-10-19-20(16-18)29-22(24-19)26(15-14-25-13-5-12-23-25)21(27)11-8-17-6-3-2-4-7-17/h2-13,16H,14-15H2,1H3/b11-8+. The van der Waals surface area contributed by atoms with Gasteiger partial charge in [-0.15, -0.1) is 0 Å². The zero-order valence-electron chi connectivity index (χ0n) is 15.9. The monoisotopic (exact) mass is 404 g/mol. The number of benzene rings is 2. The van der Waals surface area contributed by atoms with Gasteiger partial charge in [0.05, 0.1) is 23.9 Å². The summed E-state index contributed by atoms with van der Waals surface area (Å²) < 4.78 is 8.08. The SMILES string of the molecule is COc1ccc2nc(N(CCn3cccn3)C(=O)/C=C/c3ccccc3)sc2c1. The second kappa shape index (κ2) is 8.70. The predicted molar refractivity (Wildman–Crippen MR) is 116 cm³/mol. The van der Waals surface area contributed by atoms with Crippen molar-refractivity contribution in [3.05, 3.63) is 78.6 Å². The molecule has 0 atom stereocenters. The number of hydrogen-bond acceptors (Lipinski definition) is 5. The highest BCUT2D eigenvalue weighted by atomic mass is 32.1. The molecule has 0 N–H and O–H groups in total. The fourth-order valence-electron chi connectivity index (χ4n) is 2.89. The number of carbonyl (C=O) groups excluding carboxylic acids is 1. The van der Waals surface area contributed by atoms with Gasteiger partial charge in [-0.25, -0.2) is 4.98 Å². The van der Waals surface area contributed by atoms with E-state index in [2.05, 4.69) is 10.1 Å². The average molecular weight is 404 g/mol. The summed E-state index contributed by atoms with van der Waals surface area (Å²) in [6.07, 6.45) is 7.02. The number of methoxy groups -OCH3 is 1. The summed E-state index contributed by atoms with van der Waals surface area (Å²) >= 11 is 1.47. The van der Waals surface area contributed by atoms with Gasteiger partial charge in [0.25, 0.3) is 5.91 Å². The van der Waals surface area contributed by atoms with E-state index in [1.54, 1.807) is 29.0 Å². The van der Waals surface area contributed by atoms with E-state index in [4.69, 9.17) is 4.74 Å². The highest BCUT2D eigenvalue weighted by Gasteiger charge is 2.18. The molecule has 2 aromatic heterocycles. The summed E-state index contributed by atoms with van der Waals surface area (Å²) in [4.78, 5) is 19.4. The summed E-state index contributed by atoms with van der Waals surface area (Å²) in [7, 11) is 1.64. The molecule has 0 fully saturated rings. The van der Waals surface area contributed by atoms with Crippen molar-refractivity contribution in [2.75, 3.05) is 18.6 Å². The molecule has 0 aliphatic rings. The Kier molecular flexibility index (Phi) is 5.67. The molecule has 2 heterocycles. The van der Waals surface area contributed by atoms with Gasteiger partial charge in [-0.3, -0.25) is 14.4 Å². The number of anilines is 1. The van der Waals surface area contributed by atoms with Crippen LogP contribution in [0.5, 0.6) is 5.75 Å². The maximum Gasteiger partial charge on any atom is 0.252 e. The highest BCUT2D eigenvalue weighted by molar-refractivity contribution is 7.22. The van der Waals surface area contributed by atoms with Gasteiger partial charge in [0.1, 0.15) is 5.75 Å². The Labute approximate surface area is 172 Å². The number of fused-ring (bicyclic) bond motifs is 1. The summed E-state index contributed by atoms with van der Waals surface area (Å²) in [6.45, 7) is 1.05. The summed E-state index contributed by atoms with van der Waals surface area (Å²) in [5.74, 6) is 0.651. The Morgan fingerprint density at radius 2 is 2.07 bits per heavy atom. The van der Waals surface area contributed by atoms with E-state index in [-0.39, 0.29) is 5.91 Å². The minimum Gasteiger partial charge on any atom is -0.497 e. The molecule has 0 saturated carbocycles. The fraction of sp³-hybridized carbons (Fsp3) is 0.136. The summed E-state index contributed by atoms with van der Waals surface area (Å²) in [6, 6.07) is 17.3. The van der Waals surface area contributed by atoms with Crippen LogP contribution in [0.1, 0.15) is 5.56 Å². The Morgan fingerprint density at radius 1 is 1.21 bits per heavy atom. The molecule has 0 radical (unpaired) electrons. The molecule has 0 spiro atoms. The van der Waals surface area contributed by atoms with Gasteiger partial charge in [-0.05, 0) is 35.9 Å². The first-order valence-corrected chi connectivity index (χ1v) is 10.0. The first-order chi connectivity index (χ1) is 14.2. The molecule has 6 nitrogen and oxygen atoms in total. The highest BCUT2D eigenvalue weighted by Crippen LogP contribution is 2.31. The predicted octanol–water partition coefficient (Wildman–Crippen LogP) is 4.25. The van der Waals surface area contributed by atoms with Crippen LogP contribution in [0, 0.1) is 0 Å². The van der Waals surface area contributed by atoms with Crippen LogP contribution >= 0.6 is 11.3 Å². The minimum atomic E-state index is -0.118. The molecule has 29 heavy (non-hydrogen) atoms. The molecule has 0 aliphatic heterocycles. The van der Waals surface area contributed by atoms with E-state index >= 15 is 0 Å². The smallest absolute Gasteiger partial charge is 0.252 e. The first-order valence-electron chi connectivity index (χ1n) is 9.19. The molecule has 146 valence electrons. The molecule has 4 rings (SSSR count). The van der Waals surface area contributed by atoms with Crippen molar-refractivity contribution in [3.8, 4) is 5.75 Å². The van der Waals surface area contributed by atoms with Gasteiger partial charge < -0.3 is 4.74 Å². The largest absolute Gasteiger partial charge is 0.497 e. The molecule has 0 bridgehead atoms. The van der Waals surface area contributed by atoms with Crippen molar-refractivity contribution in [3.63, 3.8) is 0 Å². The molecular formula is C22H20N4O2S. The molecular weight excluding hydrogens is 384 g/mol. The molecule has 1 amide bonds. The van der Waals surface area contributed by atoms with Crippen molar-refractivity contribution in [1.82, 2.24) is 14.8 Å². The number of amides is 1. The van der Waals surface area contributed by atoms with E-state index < -0.39 is 0 Å². The lowest BCUT2D eigenvalue weighted by Gasteiger charge is -2.18. The number of thiazole rings is 1. The quantitative estimate of drug-likeness (QED) is 0.432. The van der Waals surface area contributed by atoms with E-state index in [1.165, 1.54) is 11.3 Å². The third kappa shape index (κ3) is 4.52. The Balaban J connectivity index is 1.62. The zero-order chi connectivity index (χ0) is 20.1. The third-order valence-electron chi connectivity index (χ3n) is 4.41. The second-order valence-electron chi connectivity index (χ2n) is 6.33. The topological polar surface area (TPSA) is 60.2 Å². The third-order valence-corrected chi connectivity index (χ3v) is 5.45. The first kappa shape index (κ1) is 18.9. The maximum absolute atomic E-state index is 13.0. The minimum absolute atomic E-state index is 0.118. The number of nitrogens with zero attached hydrogens (tertiary/aromatic N) is 4. The number of rotatable bonds is 7. The van der Waals surface area contributed by atoms with Gasteiger partial charge in [0, 0.05) is 25.0 Å². The molecule has 0 saturated heterocycles. The van der Waals surface area contributed by atoms with E-state index in [1.807, 2.05) is 66.9 Å². The van der Waals surface area contributed by atoms with Crippen molar-refractivity contribution < 1.29 is 9.53 Å². The van der Waals surface area contributed by atoms with Crippen molar-refractivity contribution in [2.45, 2.75) is 6.54 Å². The van der Waals surface area contributed by atoms with Gasteiger partial charge in [-0.2, -0.15) is 5.10 Å². The van der Waals surface area contributed by atoms with Crippen LogP contribution in [0.25, 0.3) is 16.3 Å². The lowest BCUT2D eigenvalue weighted by molar-refractivity contribution is -0.114. The zero-order valence-corrected chi connectivity index (χ0v) is 16.7. The van der Waals surface area contributed by atoms with Crippen molar-refractivity contribution in [2.24, 2.45) is 0 Å². The van der Waals surface area contributed by atoms with E-state index in [9.17, 15) is 4.79 Å². The Morgan fingerprint density at radius 3 is 2.83 bits per heavy atom. The lowest BCUT2D eigenvalue weighted by atomic mass is 10.2. The number of carbonyl (C=O) groups is 1. The average Bonchev–Trinajstić information content (AvgIpc) is 3.42. The molecule has 4 aromatic rings. The van der Waals surface area contributed by atoms with Gasteiger partial charge in [-0.1, -0.05) is 41.7 Å².